The Hall–Kier alpha value is -0.290. The second-order valence-electron chi connectivity index (χ2n) is 3.80. The standard InChI is InChI=1S/C6H9ClO2.C5H12ClNO/c1-4(2)6(8)9-5(3)7;1-7(2)4-5(8)3-6/h5H,1H2,2-3H3;5,8H,3-4H2,1-2H3. The van der Waals surface area contributed by atoms with Gasteiger partial charge >= 0.3 is 5.97 Å². The monoisotopic (exact) mass is 285 g/mol. The fraction of sp³-hybridized carbons (Fsp3) is 0.727. The Balaban J connectivity index is 0. The summed E-state index contributed by atoms with van der Waals surface area (Å²) in [6, 6.07) is 0. The summed E-state index contributed by atoms with van der Waals surface area (Å²) in [6.45, 7) is 7.16. The summed E-state index contributed by atoms with van der Waals surface area (Å²) >= 11 is 10.7. The number of carbonyl (C=O) groups is 1. The number of hydrogen-bond acceptors (Lipinski definition) is 4. The van der Waals surface area contributed by atoms with E-state index in [0.717, 1.165) is 0 Å². The maximum atomic E-state index is 10.5. The lowest BCUT2D eigenvalue weighted by Gasteiger charge is -2.12. The van der Waals surface area contributed by atoms with Crippen molar-refractivity contribution in [1.29, 1.82) is 0 Å². The maximum Gasteiger partial charge on any atom is 0.334 e. The van der Waals surface area contributed by atoms with Crippen molar-refractivity contribution in [2.45, 2.75) is 25.5 Å². The van der Waals surface area contributed by atoms with Crippen LogP contribution in [0, 0.1) is 0 Å². The molecule has 1 N–H and O–H groups in total. The summed E-state index contributed by atoms with van der Waals surface area (Å²) in [7, 11) is 3.80. The molecule has 0 aromatic carbocycles. The zero-order valence-electron chi connectivity index (χ0n) is 10.7. The van der Waals surface area contributed by atoms with Crippen molar-refractivity contribution in [2.24, 2.45) is 0 Å². The average Bonchev–Trinajstić information content (AvgIpc) is 2.16. The van der Waals surface area contributed by atoms with Crippen LogP contribution in [0.3, 0.4) is 0 Å². The largest absolute Gasteiger partial charge is 0.443 e. The fourth-order valence-corrected chi connectivity index (χ4v) is 0.897. The number of likely N-dealkylation sites (N-methyl/N-ethyl adjacent to an activating group) is 1. The van der Waals surface area contributed by atoms with E-state index < -0.39 is 11.5 Å². The van der Waals surface area contributed by atoms with E-state index in [0.29, 0.717) is 18.0 Å². The molecular formula is C11H21Cl2NO3. The number of nitrogens with zero attached hydrogens (tertiary/aromatic N) is 1. The van der Waals surface area contributed by atoms with Crippen LogP contribution >= 0.6 is 23.2 Å². The van der Waals surface area contributed by atoms with Crippen LogP contribution in [-0.2, 0) is 9.53 Å². The molecular weight excluding hydrogens is 265 g/mol. The fourth-order valence-electron chi connectivity index (χ4n) is 0.718. The average molecular weight is 286 g/mol. The minimum absolute atomic E-state index is 0.318. The molecule has 0 aliphatic heterocycles. The van der Waals surface area contributed by atoms with Gasteiger partial charge in [-0.3, -0.25) is 0 Å². The summed E-state index contributed by atoms with van der Waals surface area (Å²) < 4.78 is 4.54. The van der Waals surface area contributed by atoms with Gasteiger partial charge in [-0.15, -0.1) is 11.6 Å². The first-order chi connectivity index (χ1) is 7.70. The van der Waals surface area contributed by atoms with Gasteiger partial charge in [-0.25, -0.2) is 4.79 Å². The van der Waals surface area contributed by atoms with Crippen LogP contribution in [0.1, 0.15) is 13.8 Å². The molecule has 0 aliphatic rings. The first kappa shape index (κ1) is 19.1. The maximum absolute atomic E-state index is 10.5. The molecule has 0 aromatic heterocycles. The minimum Gasteiger partial charge on any atom is -0.443 e. The third kappa shape index (κ3) is 15.7. The van der Waals surface area contributed by atoms with Gasteiger partial charge in [0, 0.05) is 18.0 Å². The van der Waals surface area contributed by atoms with Crippen LogP contribution in [-0.4, -0.2) is 54.2 Å². The molecule has 2 unspecified atom stereocenters. The number of aliphatic hydroxyl groups excluding tert-OH is 1. The second kappa shape index (κ2) is 10.8. The molecule has 4 nitrogen and oxygen atoms in total. The molecule has 0 bridgehead atoms. The van der Waals surface area contributed by atoms with Crippen LogP contribution in [0.5, 0.6) is 0 Å². The molecule has 0 amide bonds. The predicted molar refractivity (Wildman–Crippen MR) is 71.5 cm³/mol. The Labute approximate surface area is 113 Å². The lowest BCUT2D eigenvalue weighted by atomic mass is 10.4. The highest BCUT2D eigenvalue weighted by Crippen LogP contribution is 2.00. The van der Waals surface area contributed by atoms with Crippen molar-refractivity contribution >= 4 is 29.2 Å². The number of rotatable bonds is 5. The number of hydrogen-bond donors (Lipinski definition) is 1. The number of alkyl halides is 2. The lowest BCUT2D eigenvalue weighted by Crippen LogP contribution is -2.26. The van der Waals surface area contributed by atoms with E-state index in [-0.39, 0.29) is 6.10 Å². The van der Waals surface area contributed by atoms with Crippen LogP contribution in [0.2, 0.25) is 0 Å². The molecule has 0 fully saturated rings. The van der Waals surface area contributed by atoms with Crippen LogP contribution in [0.4, 0.5) is 0 Å². The lowest BCUT2D eigenvalue weighted by molar-refractivity contribution is -0.140. The number of halogens is 2. The first-order valence-corrected chi connectivity index (χ1v) is 6.07. The van der Waals surface area contributed by atoms with Crippen molar-refractivity contribution in [3.05, 3.63) is 12.2 Å². The summed E-state index contributed by atoms with van der Waals surface area (Å²) in [5, 5.41) is 8.85. The van der Waals surface area contributed by atoms with Gasteiger partial charge in [-0.2, -0.15) is 0 Å². The van der Waals surface area contributed by atoms with Gasteiger partial charge in [-0.05, 0) is 27.9 Å². The topological polar surface area (TPSA) is 49.8 Å². The van der Waals surface area contributed by atoms with Gasteiger partial charge in [0.15, 0.2) is 5.56 Å². The highest BCUT2D eigenvalue weighted by Gasteiger charge is 2.05. The van der Waals surface area contributed by atoms with Crippen molar-refractivity contribution in [2.75, 3.05) is 26.5 Å². The molecule has 0 saturated heterocycles. The van der Waals surface area contributed by atoms with Gasteiger partial charge in [0.05, 0.1) is 6.10 Å². The van der Waals surface area contributed by atoms with Gasteiger partial charge in [-0.1, -0.05) is 18.2 Å². The highest BCUT2D eigenvalue weighted by molar-refractivity contribution is 6.20. The number of aliphatic hydroxyl groups is 1. The third-order valence-corrected chi connectivity index (χ3v) is 1.82. The molecule has 2 atom stereocenters. The molecule has 0 radical (unpaired) electrons. The molecule has 0 heterocycles. The molecule has 0 rings (SSSR count). The van der Waals surface area contributed by atoms with Gasteiger partial charge in [0.2, 0.25) is 0 Å². The Morgan fingerprint density at radius 1 is 1.53 bits per heavy atom. The van der Waals surface area contributed by atoms with Crippen LogP contribution < -0.4 is 0 Å². The first-order valence-electron chi connectivity index (χ1n) is 5.10. The second-order valence-corrected chi connectivity index (χ2v) is 4.72. The SMILES string of the molecule is C=C(C)C(=O)OC(C)Cl.CN(C)CC(O)CCl. The molecule has 0 spiro atoms. The Morgan fingerprint density at radius 3 is 2.12 bits per heavy atom. The molecule has 6 heteroatoms. The van der Waals surface area contributed by atoms with E-state index in [1.54, 1.807) is 13.8 Å². The van der Waals surface area contributed by atoms with Crippen LogP contribution in [0.15, 0.2) is 12.2 Å². The summed E-state index contributed by atoms with van der Waals surface area (Å²) in [5.74, 6) is -0.129. The van der Waals surface area contributed by atoms with Gasteiger partial charge in [0.1, 0.15) is 0 Å². The molecule has 0 aromatic rings. The summed E-state index contributed by atoms with van der Waals surface area (Å²) in [6.07, 6.45) is -0.383. The normalized spacial score (nSPS) is 13.4. The number of ether oxygens (including phenoxy) is 1. The summed E-state index contributed by atoms with van der Waals surface area (Å²) in [5.41, 5.74) is -0.211. The molecule has 0 saturated carbocycles. The van der Waals surface area contributed by atoms with Crippen molar-refractivity contribution in [3.63, 3.8) is 0 Å². The van der Waals surface area contributed by atoms with E-state index >= 15 is 0 Å². The van der Waals surface area contributed by atoms with E-state index in [9.17, 15) is 4.79 Å². The number of carbonyl (C=O) groups excluding carboxylic acids is 1. The van der Waals surface area contributed by atoms with E-state index in [1.807, 2.05) is 19.0 Å². The van der Waals surface area contributed by atoms with Crippen molar-refractivity contribution in [3.8, 4) is 0 Å². The van der Waals surface area contributed by atoms with Crippen LogP contribution in [0.25, 0.3) is 0 Å². The Bertz CT molecular complexity index is 233. The smallest absolute Gasteiger partial charge is 0.334 e. The Kier molecular flexibility index (Phi) is 12.2. The molecule has 102 valence electrons. The molecule has 17 heavy (non-hydrogen) atoms. The minimum atomic E-state index is -0.575. The Morgan fingerprint density at radius 2 is 2.00 bits per heavy atom. The van der Waals surface area contributed by atoms with Crippen molar-refractivity contribution in [1.82, 2.24) is 4.90 Å². The predicted octanol–water partition coefficient (Wildman–Crippen LogP) is 1.84. The zero-order valence-corrected chi connectivity index (χ0v) is 12.3. The highest BCUT2D eigenvalue weighted by atomic mass is 35.5. The van der Waals surface area contributed by atoms with E-state index in [2.05, 4.69) is 11.3 Å². The molecule has 0 aliphatic carbocycles. The van der Waals surface area contributed by atoms with E-state index in [4.69, 9.17) is 28.3 Å². The van der Waals surface area contributed by atoms with E-state index in [1.165, 1.54) is 0 Å². The van der Waals surface area contributed by atoms with Gasteiger partial charge in [0.25, 0.3) is 0 Å². The third-order valence-electron chi connectivity index (χ3n) is 1.37. The quantitative estimate of drug-likeness (QED) is 0.476. The van der Waals surface area contributed by atoms with Crippen molar-refractivity contribution < 1.29 is 14.6 Å². The van der Waals surface area contributed by atoms with Gasteiger partial charge < -0.3 is 14.7 Å². The zero-order chi connectivity index (χ0) is 14.0. The number of esters is 1. The summed E-state index contributed by atoms with van der Waals surface area (Å²) in [4.78, 5) is 12.4.